The molecule has 0 aliphatic carbocycles. The first-order valence-corrected chi connectivity index (χ1v) is 10.2. The summed E-state index contributed by atoms with van der Waals surface area (Å²) in [6.45, 7) is 0. The zero-order valence-electron chi connectivity index (χ0n) is 18.2. The summed E-state index contributed by atoms with van der Waals surface area (Å²) in [4.78, 5) is 25.9. The van der Waals surface area contributed by atoms with Crippen LogP contribution in [0.5, 0.6) is 23.0 Å². The van der Waals surface area contributed by atoms with Crippen LogP contribution in [0.15, 0.2) is 66.7 Å². The maximum Gasteiger partial charge on any atom is 0.219 e. The van der Waals surface area contributed by atoms with E-state index in [1.807, 2.05) is 30.3 Å². The summed E-state index contributed by atoms with van der Waals surface area (Å²) in [5, 5.41) is 0. The molecular formula is C26H24O6. The van der Waals surface area contributed by atoms with Gasteiger partial charge in [0.15, 0.2) is 0 Å². The molecule has 0 saturated carbocycles. The number of methoxy groups -OCH3 is 3. The number of hydrogen-bond acceptors (Lipinski definition) is 6. The highest BCUT2D eigenvalue weighted by Gasteiger charge is 2.56. The Morgan fingerprint density at radius 3 is 2.19 bits per heavy atom. The van der Waals surface area contributed by atoms with E-state index < -0.39 is 11.5 Å². The summed E-state index contributed by atoms with van der Waals surface area (Å²) < 4.78 is 22.7. The largest absolute Gasteiger partial charge is 0.497 e. The summed E-state index contributed by atoms with van der Waals surface area (Å²) >= 11 is 0. The molecule has 164 valence electrons. The molecule has 6 heteroatoms. The predicted octanol–water partition coefficient (Wildman–Crippen LogP) is 4.56. The molecule has 4 rings (SSSR count). The number of carbonyl (C=O) groups excluding carboxylic acids is 2. The topological polar surface area (TPSA) is 71.1 Å². The fourth-order valence-corrected chi connectivity index (χ4v) is 4.33. The van der Waals surface area contributed by atoms with Crippen molar-refractivity contribution in [2.45, 2.75) is 17.9 Å². The van der Waals surface area contributed by atoms with Crippen LogP contribution in [0.3, 0.4) is 0 Å². The highest BCUT2D eigenvalue weighted by molar-refractivity contribution is 6.11. The summed E-state index contributed by atoms with van der Waals surface area (Å²) in [6.07, 6.45) is 0.912. The molecule has 0 fully saturated rings. The zero-order chi connectivity index (χ0) is 22.7. The van der Waals surface area contributed by atoms with E-state index in [0.29, 0.717) is 34.1 Å². The highest BCUT2D eigenvalue weighted by atomic mass is 16.5. The van der Waals surface area contributed by atoms with Gasteiger partial charge in [0.2, 0.25) is 11.4 Å². The Bertz CT molecular complexity index is 1120. The van der Waals surface area contributed by atoms with E-state index in [2.05, 4.69) is 0 Å². The van der Waals surface area contributed by atoms with Gasteiger partial charge >= 0.3 is 0 Å². The zero-order valence-corrected chi connectivity index (χ0v) is 18.2. The van der Waals surface area contributed by atoms with Crippen molar-refractivity contribution in [1.82, 2.24) is 0 Å². The molecule has 2 atom stereocenters. The first kappa shape index (κ1) is 21.4. The Labute approximate surface area is 186 Å². The Morgan fingerprint density at radius 2 is 1.59 bits per heavy atom. The third-order valence-corrected chi connectivity index (χ3v) is 5.87. The van der Waals surface area contributed by atoms with Crippen LogP contribution in [-0.4, -0.2) is 33.4 Å². The second-order valence-corrected chi connectivity index (χ2v) is 7.46. The van der Waals surface area contributed by atoms with E-state index in [0.717, 1.165) is 11.8 Å². The third kappa shape index (κ3) is 3.38. The minimum Gasteiger partial charge on any atom is -0.497 e. The molecule has 0 N–H and O–H groups in total. The molecule has 0 aromatic heterocycles. The van der Waals surface area contributed by atoms with Gasteiger partial charge in [-0.3, -0.25) is 4.79 Å². The fraction of sp³-hybridized carbons (Fsp3) is 0.231. The molecule has 3 aromatic rings. The lowest BCUT2D eigenvalue weighted by atomic mass is 9.72. The molecule has 0 saturated heterocycles. The van der Waals surface area contributed by atoms with Gasteiger partial charge in [0.1, 0.15) is 34.8 Å². The number of aldehydes is 1. The van der Waals surface area contributed by atoms with Crippen LogP contribution in [0.4, 0.5) is 0 Å². The molecular weight excluding hydrogens is 408 g/mol. The van der Waals surface area contributed by atoms with Crippen molar-refractivity contribution in [3.63, 3.8) is 0 Å². The van der Waals surface area contributed by atoms with Crippen molar-refractivity contribution >= 4 is 12.1 Å². The summed E-state index contributed by atoms with van der Waals surface area (Å²) in [6, 6.07) is 19.9. The molecule has 0 bridgehead atoms. The smallest absolute Gasteiger partial charge is 0.219 e. The molecule has 0 radical (unpaired) electrons. The average Bonchev–Trinajstić information content (AvgIpc) is 3.15. The number of benzene rings is 3. The number of carbonyl (C=O) groups is 2. The Hall–Kier alpha value is -3.80. The van der Waals surface area contributed by atoms with Gasteiger partial charge in [-0.1, -0.05) is 42.5 Å². The first-order valence-electron chi connectivity index (χ1n) is 10.2. The number of Topliss-reactive ketones (excluding diaryl/α,β-unsaturated/α-hetero) is 1. The van der Waals surface area contributed by atoms with Crippen LogP contribution >= 0.6 is 0 Å². The van der Waals surface area contributed by atoms with Gasteiger partial charge in [-0.15, -0.1) is 0 Å². The number of ether oxygens (including phenoxy) is 4. The van der Waals surface area contributed by atoms with Crippen molar-refractivity contribution < 1.29 is 28.5 Å². The van der Waals surface area contributed by atoms with Gasteiger partial charge in [-0.05, 0) is 17.7 Å². The Morgan fingerprint density at radius 1 is 0.906 bits per heavy atom. The quantitative estimate of drug-likeness (QED) is 0.486. The summed E-state index contributed by atoms with van der Waals surface area (Å²) in [5.74, 6) is 1.04. The standard InChI is InChI=1S/C26H24O6/c1-29-19-11-9-18(10-12-19)26(21(13-14-27)17-7-5-4-6-8-17)25(28)24-22(31-3)15-20(30-2)16-23(24)32-26/h4-12,14-16,21H,13H2,1-3H3/t21-,26-/m0/s1. The SMILES string of the molecule is COc1ccc([C@@]2([C@@H](CC=O)c3ccccc3)Oc3cc(OC)cc(OC)c3C2=O)cc1. The Balaban J connectivity index is 1.98. The van der Waals surface area contributed by atoms with Crippen LogP contribution in [0.25, 0.3) is 0 Å². The molecule has 6 nitrogen and oxygen atoms in total. The first-order chi connectivity index (χ1) is 15.6. The van der Waals surface area contributed by atoms with E-state index in [9.17, 15) is 9.59 Å². The summed E-state index contributed by atoms with van der Waals surface area (Å²) in [7, 11) is 4.61. The van der Waals surface area contributed by atoms with Crippen LogP contribution in [0, 0.1) is 0 Å². The molecule has 0 spiro atoms. The number of fused-ring (bicyclic) bond motifs is 1. The molecule has 1 aliphatic heterocycles. The monoisotopic (exact) mass is 432 g/mol. The average molecular weight is 432 g/mol. The van der Waals surface area contributed by atoms with Crippen molar-refractivity contribution in [3.8, 4) is 23.0 Å². The second kappa shape index (κ2) is 8.75. The maximum atomic E-state index is 14.1. The number of rotatable bonds is 8. The molecule has 0 amide bonds. The molecule has 1 aliphatic rings. The van der Waals surface area contributed by atoms with Crippen molar-refractivity contribution in [2.24, 2.45) is 0 Å². The van der Waals surface area contributed by atoms with Crippen LogP contribution < -0.4 is 18.9 Å². The van der Waals surface area contributed by atoms with Crippen molar-refractivity contribution in [1.29, 1.82) is 0 Å². The maximum absolute atomic E-state index is 14.1. The second-order valence-electron chi connectivity index (χ2n) is 7.46. The number of ketones is 1. The van der Waals surface area contributed by atoms with Crippen LogP contribution in [0.2, 0.25) is 0 Å². The lowest BCUT2D eigenvalue weighted by Gasteiger charge is -2.35. The van der Waals surface area contributed by atoms with Gasteiger partial charge in [0, 0.05) is 30.0 Å². The van der Waals surface area contributed by atoms with Gasteiger partial charge in [-0.2, -0.15) is 0 Å². The normalized spacial score (nSPS) is 17.8. The molecule has 1 heterocycles. The van der Waals surface area contributed by atoms with Gasteiger partial charge in [-0.25, -0.2) is 0 Å². The molecule has 0 unspecified atom stereocenters. The van der Waals surface area contributed by atoms with Crippen molar-refractivity contribution in [3.05, 3.63) is 83.4 Å². The lowest BCUT2D eigenvalue weighted by Crippen LogP contribution is -2.43. The Kier molecular flexibility index (Phi) is 5.86. The van der Waals surface area contributed by atoms with Crippen LogP contribution in [0.1, 0.15) is 33.8 Å². The summed E-state index contributed by atoms with van der Waals surface area (Å²) in [5.41, 5.74) is 0.311. The number of hydrogen-bond donors (Lipinski definition) is 0. The fourth-order valence-electron chi connectivity index (χ4n) is 4.33. The third-order valence-electron chi connectivity index (χ3n) is 5.87. The van der Waals surface area contributed by atoms with Crippen LogP contribution in [-0.2, 0) is 10.4 Å². The van der Waals surface area contributed by atoms with Crippen molar-refractivity contribution in [2.75, 3.05) is 21.3 Å². The van der Waals surface area contributed by atoms with E-state index in [4.69, 9.17) is 18.9 Å². The van der Waals surface area contributed by atoms with Gasteiger partial charge in [0.25, 0.3) is 0 Å². The lowest BCUT2D eigenvalue weighted by molar-refractivity contribution is -0.109. The molecule has 32 heavy (non-hydrogen) atoms. The minimum absolute atomic E-state index is 0.0925. The highest BCUT2D eigenvalue weighted by Crippen LogP contribution is 2.53. The minimum atomic E-state index is -1.46. The van der Waals surface area contributed by atoms with E-state index in [-0.39, 0.29) is 12.2 Å². The molecule has 3 aromatic carbocycles. The van der Waals surface area contributed by atoms with E-state index >= 15 is 0 Å². The van der Waals surface area contributed by atoms with E-state index in [1.54, 1.807) is 43.5 Å². The van der Waals surface area contributed by atoms with Gasteiger partial charge < -0.3 is 23.7 Å². The van der Waals surface area contributed by atoms with Gasteiger partial charge in [0.05, 0.1) is 21.3 Å². The predicted molar refractivity (Wildman–Crippen MR) is 119 cm³/mol. The van der Waals surface area contributed by atoms with E-state index in [1.165, 1.54) is 14.2 Å².